The van der Waals surface area contributed by atoms with Crippen LogP contribution in [0, 0.1) is 0 Å². The molecule has 0 nitrogen and oxygen atoms in total. The molecule has 0 saturated heterocycles. The van der Waals surface area contributed by atoms with Gasteiger partial charge in [-0.05, 0) is 48.5 Å². The summed E-state index contributed by atoms with van der Waals surface area (Å²) in [5.41, 5.74) is 1.56. The molecule has 0 radical (unpaired) electrons. The third-order valence-electron chi connectivity index (χ3n) is 8.43. The Labute approximate surface area is 231 Å². The molecule has 0 aliphatic heterocycles. The monoisotopic (exact) mass is 514 g/mol. The quantitative estimate of drug-likeness (QED) is 0.147. The summed E-state index contributed by atoms with van der Waals surface area (Å²) in [6, 6.07) is 54.8. The molecule has 0 atom stereocenters. The third-order valence-corrected chi connectivity index (χ3v) is 12.7. The number of hydrogen-bond acceptors (Lipinski definition) is 0. The van der Waals surface area contributed by atoms with E-state index in [0.29, 0.717) is 0 Å². The van der Waals surface area contributed by atoms with Crippen molar-refractivity contribution in [3.63, 3.8) is 0 Å². The molecule has 5 aromatic carbocycles. The van der Waals surface area contributed by atoms with E-state index in [1.165, 1.54) is 40.2 Å². The molecule has 0 aliphatic carbocycles. The van der Waals surface area contributed by atoms with Crippen molar-refractivity contribution in [3.8, 4) is 0 Å². The first-order chi connectivity index (χ1) is 18.7. The van der Waals surface area contributed by atoms with E-state index in [0.717, 1.165) is 0 Å². The minimum absolute atomic E-state index is 0.262. The van der Waals surface area contributed by atoms with Crippen molar-refractivity contribution < 1.29 is 0 Å². The molecule has 0 aliphatic rings. The summed E-state index contributed by atoms with van der Waals surface area (Å²) in [5, 5.41) is 5.55. The van der Waals surface area contributed by atoms with Gasteiger partial charge in [-0.3, -0.25) is 0 Å². The average molecular weight is 515 g/mol. The Kier molecular flexibility index (Phi) is 9.75. The van der Waals surface area contributed by atoms with Crippen LogP contribution in [-0.4, -0.2) is 6.15 Å². The SMILES string of the molecule is CC[B-](CC)(CC)c1ccccc1.c1ccc([P+](c2ccccc2)(c2ccccc2)c2ccccc2)cc1. The van der Waals surface area contributed by atoms with Gasteiger partial charge in [-0.15, -0.1) is 0 Å². The Morgan fingerprint density at radius 2 is 0.605 bits per heavy atom. The summed E-state index contributed by atoms with van der Waals surface area (Å²) in [6.45, 7) is 6.96. The van der Waals surface area contributed by atoms with E-state index >= 15 is 0 Å². The molecular weight excluding hydrogens is 474 g/mol. The molecule has 192 valence electrons. The molecule has 5 rings (SSSR count). The van der Waals surface area contributed by atoms with Gasteiger partial charge in [0.05, 0.1) is 0 Å². The third kappa shape index (κ3) is 5.69. The predicted octanol–water partition coefficient (Wildman–Crippen LogP) is 7.71. The van der Waals surface area contributed by atoms with Crippen LogP contribution in [-0.2, 0) is 0 Å². The summed E-state index contributed by atoms with van der Waals surface area (Å²) in [5.74, 6) is 0. The van der Waals surface area contributed by atoms with E-state index in [9.17, 15) is 0 Å². The molecule has 2 heteroatoms. The van der Waals surface area contributed by atoms with Crippen molar-refractivity contribution in [3.05, 3.63) is 152 Å². The van der Waals surface area contributed by atoms with Gasteiger partial charge < -0.3 is 0 Å². The van der Waals surface area contributed by atoms with E-state index in [1.54, 1.807) is 5.46 Å². The Bertz CT molecular complexity index is 1160. The van der Waals surface area contributed by atoms with Crippen LogP contribution >= 0.6 is 7.26 Å². The van der Waals surface area contributed by atoms with Gasteiger partial charge in [-0.25, -0.2) is 5.46 Å². The lowest BCUT2D eigenvalue weighted by molar-refractivity contribution is 1.19. The fourth-order valence-electron chi connectivity index (χ4n) is 5.94. The first-order valence-corrected chi connectivity index (χ1v) is 15.9. The molecule has 5 aromatic rings. The second-order valence-electron chi connectivity index (χ2n) is 10.1. The predicted molar refractivity (Wildman–Crippen MR) is 174 cm³/mol. The lowest BCUT2D eigenvalue weighted by Crippen LogP contribution is -2.45. The van der Waals surface area contributed by atoms with Gasteiger partial charge in [-0.1, -0.05) is 124 Å². The number of rotatable bonds is 8. The summed E-state index contributed by atoms with van der Waals surface area (Å²) >= 11 is 0. The van der Waals surface area contributed by atoms with E-state index in [2.05, 4.69) is 172 Å². The zero-order chi connectivity index (χ0) is 26.7. The van der Waals surface area contributed by atoms with Crippen molar-refractivity contribution in [2.24, 2.45) is 0 Å². The molecule has 0 aromatic heterocycles. The molecule has 0 fully saturated rings. The van der Waals surface area contributed by atoms with Crippen LogP contribution in [0.4, 0.5) is 0 Å². The lowest BCUT2D eigenvalue weighted by Gasteiger charge is -2.37. The Morgan fingerprint density at radius 1 is 0.368 bits per heavy atom. The van der Waals surface area contributed by atoms with Gasteiger partial charge in [-0.2, -0.15) is 19.0 Å². The summed E-state index contributed by atoms with van der Waals surface area (Å²) in [7, 11) is -1.91. The van der Waals surface area contributed by atoms with E-state index in [1.807, 2.05) is 0 Å². The van der Waals surface area contributed by atoms with E-state index in [-0.39, 0.29) is 6.15 Å². The fourth-order valence-corrected chi connectivity index (χ4v) is 10.2. The maximum Gasteiger partial charge on any atom is 0.144 e. The summed E-state index contributed by atoms with van der Waals surface area (Å²) in [4.78, 5) is 0. The fraction of sp³-hybridized carbons (Fsp3) is 0.167. The Balaban J connectivity index is 0.000000219. The molecule has 0 N–H and O–H groups in total. The molecule has 0 spiro atoms. The molecule has 0 unspecified atom stereocenters. The van der Waals surface area contributed by atoms with Crippen molar-refractivity contribution in [1.29, 1.82) is 0 Å². The van der Waals surface area contributed by atoms with Crippen molar-refractivity contribution in [2.45, 2.75) is 39.7 Å². The second-order valence-corrected chi connectivity index (χ2v) is 13.5. The van der Waals surface area contributed by atoms with Crippen LogP contribution in [0.5, 0.6) is 0 Å². The Morgan fingerprint density at radius 3 is 0.842 bits per heavy atom. The molecule has 0 amide bonds. The highest BCUT2D eigenvalue weighted by atomic mass is 31.2. The maximum atomic E-state index is 2.32. The van der Waals surface area contributed by atoms with E-state index < -0.39 is 7.26 Å². The van der Waals surface area contributed by atoms with Crippen molar-refractivity contribution >= 4 is 40.1 Å². The number of benzene rings is 5. The normalized spacial score (nSPS) is 11.3. The van der Waals surface area contributed by atoms with Crippen LogP contribution in [0.2, 0.25) is 19.0 Å². The minimum atomic E-state index is -1.91. The molecular formula is C36H40BP. The van der Waals surface area contributed by atoms with Gasteiger partial charge in [0.2, 0.25) is 0 Å². The molecule has 0 heterocycles. The van der Waals surface area contributed by atoms with Crippen LogP contribution < -0.4 is 26.7 Å². The lowest BCUT2D eigenvalue weighted by atomic mass is 9.17. The molecule has 0 bridgehead atoms. The van der Waals surface area contributed by atoms with Crippen LogP contribution in [0.3, 0.4) is 0 Å². The van der Waals surface area contributed by atoms with Crippen molar-refractivity contribution in [2.75, 3.05) is 0 Å². The van der Waals surface area contributed by atoms with Crippen LogP contribution in [0.1, 0.15) is 20.8 Å². The highest BCUT2D eigenvalue weighted by molar-refractivity contribution is 8.01. The van der Waals surface area contributed by atoms with Gasteiger partial charge >= 0.3 is 0 Å². The minimum Gasteiger partial charge on any atom is -0.210 e. The summed E-state index contributed by atoms with van der Waals surface area (Å²) < 4.78 is 0. The van der Waals surface area contributed by atoms with Gasteiger partial charge in [0.25, 0.3) is 0 Å². The standard InChI is InChI=1S/C24H20P.C12H20B/c1-5-13-21(14-6-1)25(22-15-7-2-8-16-22,23-17-9-3-10-18-23)24-19-11-4-12-20-24;1-4-13(5-2,6-3)12-10-8-7-9-11-12/h1-20H;7-11H,4-6H2,1-3H3/q+1;-1. The maximum absolute atomic E-state index is 2.32. The summed E-state index contributed by atoms with van der Waals surface area (Å²) in [6.07, 6.45) is 3.65. The van der Waals surface area contributed by atoms with Crippen LogP contribution in [0.15, 0.2) is 152 Å². The molecule has 0 saturated carbocycles. The highest BCUT2D eigenvalue weighted by Crippen LogP contribution is 2.53. The Hall–Kier alpha value is -3.41. The average Bonchev–Trinajstić information content (AvgIpc) is 3.02. The smallest absolute Gasteiger partial charge is 0.144 e. The first kappa shape index (κ1) is 27.6. The number of hydrogen-bond donors (Lipinski definition) is 0. The van der Waals surface area contributed by atoms with Gasteiger partial charge in [0, 0.05) is 6.15 Å². The van der Waals surface area contributed by atoms with Gasteiger partial charge in [0.15, 0.2) is 0 Å². The zero-order valence-electron chi connectivity index (χ0n) is 23.1. The second kappa shape index (κ2) is 13.4. The first-order valence-electron chi connectivity index (χ1n) is 14.1. The van der Waals surface area contributed by atoms with Crippen LogP contribution in [0.25, 0.3) is 0 Å². The highest BCUT2D eigenvalue weighted by Gasteiger charge is 2.47. The van der Waals surface area contributed by atoms with Crippen molar-refractivity contribution in [1.82, 2.24) is 0 Å². The van der Waals surface area contributed by atoms with Gasteiger partial charge in [0.1, 0.15) is 28.5 Å². The van der Waals surface area contributed by atoms with E-state index in [4.69, 9.17) is 0 Å². The topological polar surface area (TPSA) is 0 Å². The zero-order valence-corrected chi connectivity index (χ0v) is 24.0. The largest absolute Gasteiger partial charge is 0.210 e. The molecule has 38 heavy (non-hydrogen) atoms.